The van der Waals surface area contributed by atoms with Gasteiger partial charge in [-0.15, -0.1) is 0 Å². The highest BCUT2D eigenvalue weighted by Gasteiger charge is 2.45. The third-order valence-electron chi connectivity index (χ3n) is 4.44. The lowest BCUT2D eigenvalue weighted by molar-refractivity contribution is -0.136. The van der Waals surface area contributed by atoms with Crippen molar-refractivity contribution >= 4 is 29.6 Å². The normalized spacial score (nSPS) is 30.9. The van der Waals surface area contributed by atoms with E-state index in [0.29, 0.717) is 16.9 Å². The van der Waals surface area contributed by atoms with Crippen molar-refractivity contribution in [1.82, 2.24) is 24.8 Å². The molecule has 3 aliphatic rings. The van der Waals surface area contributed by atoms with Crippen LogP contribution < -0.4 is 0 Å². The maximum absolute atomic E-state index is 12.5. The molecule has 5 rings (SSSR count). The molecule has 2 aromatic heterocycles. The smallest absolute Gasteiger partial charge is 0.160 e. The molecule has 3 aliphatic heterocycles. The summed E-state index contributed by atoms with van der Waals surface area (Å²) >= 11 is 4.70. The zero-order valence-electron chi connectivity index (χ0n) is 10.9. The molecule has 2 aromatic rings. The summed E-state index contributed by atoms with van der Waals surface area (Å²) in [5.74, 6) is 0.515. The minimum atomic E-state index is -0.251. The molecule has 0 aliphatic carbocycles. The van der Waals surface area contributed by atoms with Gasteiger partial charge in [-0.3, -0.25) is 9.69 Å². The zero-order chi connectivity index (χ0) is 13.7. The van der Waals surface area contributed by atoms with Crippen molar-refractivity contribution in [3.63, 3.8) is 0 Å². The van der Waals surface area contributed by atoms with Crippen LogP contribution in [0.25, 0.3) is 11.2 Å². The molecule has 104 valence electrons. The SMILES string of the molecule is O=C1C2CCN(CC2)C1C(S)c1ncnc2[nH]cnc12. The number of Topliss-reactive ketones (excluding diaryl/α,β-unsaturated/α-hetero) is 1. The molecule has 0 spiro atoms. The fraction of sp³-hybridized carbons (Fsp3) is 0.538. The van der Waals surface area contributed by atoms with Crippen molar-refractivity contribution in [3.8, 4) is 0 Å². The van der Waals surface area contributed by atoms with Crippen LogP contribution in [0.4, 0.5) is 0 Å². The van der Waals surface area contributed by atoms with Crippen molar-refractivity contribution in [2.24, 2.45) is 5.92 Å². The second-order valence-corrected chi connectivity index (χ2v) is 6.02. The lowest BCUT2D eigenvalue weighted by Gasteiger charge is -2.45. The molecule has 0 radical (unpaired) electrons. The number of aromatic amines is 1. The van der Waals surface area contributed by atoms with Gasteiger partial charge in [0, 0.05) is 5.92 Å². The summed E-state index contributed by atoms with van der Waals surface area (Å²) < 4.78 is 0. The van der Waals surface area contributed by atoms with Gasteiger partial charge in [-0.1, -0.05) is 0 Å². The predicted octanol–water partition coefficient (Wildman–Crippen LogP) is 0.987. The van der Waals surface area contributed by atoms with Crippen LogP contribution in [-0.2, 0) is 4.79 Å². The first kappa shape index (κ1) is 12.3. The summed E-state index contributed by atoms with van der Waals surface area (Å²) in [6.07, 6.45) is 5.06. The Balaban J connectivity index is 1.75. The first-order valence-electron chi connectivity index (χ1n) is 6.85. The highest BCUT2D eigenvalue weighted by molar-refractivity contribution is 7.80. The van der Waals surface area contributed by atoms with Gasteiger partial charge in [0.15, 0.2) is 11.4 Å². The van der Waals surface area contributed by atoms with E-state index in [9.17, 15) is 4.79 Å². The van der Waals surface area contributed by atoms with Crippen molar-refractivity contribution in [2.45, 2.75) is 24.1 Å². The Hall–Kier alpha value is -1.47. The van der Waals surface area contributed by atoms with Crippen LogP contribution in [0.3, 0.4) is 0 Å². The van der Waals surface area contributed by atoms with Crippen molar-refractivity contribution < 1.29 is 4.79 Å². The van der Waals surface area contributed by atoms with E-state index in [1.165, 1.54) is 6.33 Å². The molecular formula is C13H15N5OS. The Bertz CT molecular complexity index is 664. The molecule has 2 atom stereocenters. The lowest BCUT2D eigenvalue weighted by atomic mass is 9.80. The van der Waals surface area contributed by atoms with Crippen molar-refractivity contribution in [2.75, 3.05) is 13.1 Å². The number of imidazole rings is 1. The molecule has 3 fully saturated rings. The average Bonchev–Trinajstić information content (AvgIpc) is 2.96. The molecule has 6 nitrogen and oxygen atoms in total. The Morgan fingerprint density at radius 2 is 2.10 bits per heavy atom. The summed E-state index contributed by atoms with van der Waals surface area (Å²) in [7, 11) is 0. The number of H-pyrrole nitrogens is 1. The van der Waals surface area contributed by atoms with Gasteiger partial charge in [0.25, 0.3) is 0 Å². The molecule has 0 saturated carbocycles. The number of aromatic nitrogens is 4. The third kappa shape index (κ3) is 1.69. The van der Waals surface area contributed by atoms with E-state index in [-0.39, 0.29) is 17.2 Å². The highest BCUT2D eigenvalue weighted by Crippen LogP contribution is 2.38. The van der Waals surface area contributed by atoms with Crippen LogP contribution in [0.15, 0.2) is 12.7 Å². The number of piperidine rings is 3. The Morgan fingerprint density at radius 1 is 1.30 bits per heavy atom. The fourth-order valence-corrected chi connectivity index (χ4v) is 3.91. The van der Waals surface area contributed by atoms with Crippen molar-refractivity contribution in [1.29, 1.82) is 0 Å². The number of thiol groups is 1. The number of hydrogen-bond donors (Lipinski definition) is 2. The monoisotopic (exact) mass is 289 g/mol. The Kier molecular flexibility index (Phi) is 2.78. The van der Waals surface area contributed by atoms with E-state index in [1.54, 1.807) is 6.33 Å². The van der Waals surface area contributed by atoms with E-state index in [2.05, 4.69) is 24.8 Å². The largest absolute Gasteiger partial charge is 0.329 e. The van der Waals surface area contributed by atoms with Crippen LogP contribution in [0, 0.1) is 5.92 Å². The summed E-state index contributed by atoms with van der Waals surface area (Å²) in [6, 6.07) is -0.180. The lowest BCUT2D eigenvalue weighted by Crippen LogP contribution is -2.57. The van der Waals surface area contributed by atoms with Gasteiger partial charge < -0.3 is 4.98 Å². The molecular weight excluding hydrogens is 274 g/mol. The van der Waals surface area contributed by atoms with Gasteiger partial charge in [0.1, 0.15) is 11.8 Å². The first-order valence-corrected chi connectivity index (χ1v) is 7.37. The Labute approximate surface area is 121 Å². The third-order valence-corrected chi connectivity index (χ3v) is 4.97. The van der Waals surface area contributed by atoms with Crippen LogP contribution in [0.2, 0.25) is 0 Å². The van der Waals surface area contributed by atoms with Gasteiger partial charge >= 0.3 is 0 Å². The first-order chi connectivity index (χ1) is 9.75. The quantitative estimate of drug-likeness (QED) is 0.806. The number of nitrogens with zero attached hydrogens (tertiary/aromatic N) is 4. The number of carbonyl (C=O) groups is 1. The molecule has 0 aromatic carbocycles. The number of hydrogen-bond acceptors (Lipinski definition) is 6. The van der Waals surface area contributed by atoms with E-state index >= 15 is 0 Å². The van der Waals surface area contributed by atoms with Crippen LogP contribution >= 0.6 is 12.6 Å². The number of nitrogens with one attached hydrogen (secondary N) is 1. The number of carbonyl (C=O) groups excluding carboxylic acids is 1. The van der Waals surface area contributed by atoms with E-state index in [4.69, 9.17) is 12.6 Å². The number of fused-ring (bicyclic) bond motifs is 4. The summed E-state index contributed by atoms with van der Waals surface area (Å²) in [5.41, 5.74) is 2.14. The van der Waals surface area contributed by atoms with Crippen LogP contribution in [0.5, 0.6) is 0 Å². The highest BCUT2D eigenvalue weighted by atomic mass is 32.1. The van der Waals surface area contributed by atoms with Crippen LogP contribution in [-0.4, -0.2) is 49.8 Å². The summed E-state index contributed by atoms with van der Waals surface area (Å²) in [6.45, 7) is 1.96. The molecule has 2 unspecified atom stereocenters. The van der Waals surface area contributed by atoms with Gasteiger partial charge in [0.2, 0.25) is 0 Å². The maximum atomic E-state index is 12.5. The minimum Gasteiger partial charge on any atom is -0.329 e. The van der Waals surface area contributed by atoms with Gasteiger partial charge in [-0.2, -0.15) is 12.6 Å². The van der Waals surface area contributed by atoms with E-state index in [1.807, 2.05) is 0 Å². The van der Waals surface area contributed by atoms with Gasteiger partial charge in [0.05, 0.1) is 23.3 Å². The average molecular weight is 289 g/mol. The Morgan fingerprint density at radius 3 is 2.85 bits per heavy atom. The molecule has 0 amide bonds. The second kappa shape index (κ2) is 4.53. The molecule has 1 N–H and O–H groups in total. The summed E-state index contributed by atoms with van der Waals surface area (Å²) in [5, 5.41) is -0.251. The minimum absolute atomic E-state index is 0.180. The molecule has 5 heterocycles. The molecule has 7 heteroatoms. The molecule has 20 heavy (non-hydrogen) atoms. The molecule has 3 saturated heterocycles. The van der Waals surface area contributed by atoms with Gasteiger partial charge in [-0.25, -0.2) is 15.0 Å². The standard InChI is InChI=1S/C13H15N5OS/c19-11-7-1-3-18(4-2-7)10(11)12(20)8-9-13(16-5-14-8)17-6-15-9/h5-7,10,12,20H,1-4H2,(H,14,15,16,17). The van der Waals surface area contributed by atoms with Crippen molar-refractivity contribution in [3.05, 3.63) is 18.3 Å². The fourth-order valence-electron chi connectivity index (χ4n) is 3.39. The zero-order valence-corrected chi connectivity index (χ0v) is 11.8. The second-order valence-electron chi connectivity index (χ2n) is 5.46. The van der Waals surface area contributed by atoms with Gasteiger partial charge in [-0.05, 0) is 25.9 Å². The molecule has 2 bridgehead atoms. The topological polar surface area (TPSA) is 74.8 Å². The van der Waals surface area contributed by atoms with Crippen LogP contribution in [0.1, 0.15) is 23.8 Å². The predicted molar refractivity (Wildman–Crippen MR) is 76.5 cm³/mol. The van der Waals surface area contributed by atoms with E-state index < -0.39 is 0 Å². The number of ketones is 1. The summed E-state index contributed by atoms with van der Waals surface area (Å²) in [4.78, 5) is 30.4. The maximum Gasteiger partial charge on any atom is 0.160 e. The number of rotatable bonds is 2. The van der Waals surface area contributed by atoms with E-state index in [0.717, 1.165) is 31.6 Å².